The summed E-state index contributed by atoms with van der Waals surface area (Å²) >= 11 is 0. The van der Waals surface area contributed by atoms with Crippen LogP contribution in [0.4, 0.5) is 0 Å². The van der Waals surface area contributed by atoms with Crippen LogP contribution in [0.3, 0.4) is 0 Å². The molecule has 4 bridgehead atoms. The molecule has 4 aliphatic carbocycles. The minimum absolute atomic E-state index is 0.0116. The average Bonchev–Trinajstić information content (AvgIpc) is 3.19. The van der Waals surface area contributed by atoms with Gasteiger partial charge in [0.2, 0.25) is 0 Å². The lowest BCUT2D eigenvalue weighted by Crippen LogP contribution is -2.49. The lowest BCUT2D eigenvalue weighted by atomic mass is 9.64. The lowest BCUT2D eigenvalue weighted by Gasteiger charge is -2.46. The molecule has 0 aromatic rings. The predicted octanol–water partition coefficient (Wildman–Crippen LogP) is 6.55. The minimum Gasteiger partial charge on any atom is -0.478 e. The first-order valence-corrected chi connectivity index (χ1v) is 12.5. The molecule has 4 saturated carbocycles. The second-order valence-corrected chi connectivity index (χ2v) is 13.0. The third kappa shape index (κ3) is 2.86. The topological polar surface area (TPSA) is 63.6 Å². The number of ether oxygens (including phenoxy) is 1. The van der Waals surface area contributed by atoms with Gasteiger partial charge in [0.05, 0.1) is 0 Å². The Morgan fingerprint density at radius 3 is 1.97 bits per heavy atom. The molecule has 0 aliphatic heterocycles. The maximum absolute atomic E-state index is 13.5. The van der Waals surface area contributed by atoms with Gasteiger partial charge in [-0.3, -0.25) is 0 Å². The summed E-state index contributed by atoms with van der Waals surface area (Å²) in [4.78, 5) is 25.2. The zero-order valence-corrected chi connectivity index (χ0v) is 21.3. The summed E-state index contributed by atoms with van der Waals surface area (Å²) in [5, 5.41) is 9.59. The fraction of sp³-hybridized carbons (Fsp3) is 0.786. The summed E-state index contributed by atoms with van der Waals surface area (Å²) in [6.45, 7) is 17.4. The standard InChI is InChI=1S/C28H42O4/c1-17(13-21-14-19-9-11-26(21,7)24(19,3)4)23(31)32-28(15-18(2)22(29)30)16-20-10-12-27(28,8)25(20,5)6/h13,15,19-21H,9-12,14,16H2,1-8H3,(H,29,30)/t19-,20-,21?,26-,27+,28?/m1/s1. The molecular formula is C28H42O4. The summed E-state index contributed by atoms with van der Waals surface area (Å²) in [6.07, 6.45) is 10.3. The van der Waals surface area contributed by atoms with Crippen molar-refractivity contribution in [1.82, 2.24) is 0 Å². The maximum Gasteiger partial charge on any atom is 0.334 e. The van der Waals surface area contributed by atoms with Crippen molar-refractivity contribution in [3.05, 3.63) is 23.3 Å². The Bertz CT molecular complexity index is 908. The molecule has 178 valence electrons. The Morgan fingerprint density at radius 1 is 0.906 bits per heavy atom. The van der Waals surface area contributed by atoms with Gasteiger partial charge in [-0.05, 0) is 92.4 Å². The number of allylic oxidation sites excluding steroid dienone is 1. The smallest absolute Gasteiger partial charge is 0.334 e. The Labute approximate surface area is 193 Å². The molecule has 32 heavy (non-hydrogen) atoms. The fourth-order valence-electron chi connectivity index (χ4n) is 8.25. The van der Waals surface area contributed by atoms with Crippen LogP contribution in [0.2, 0.25) is 0 Å². The summed E-state index contributed by atoms with van der Waals surface area (Å²) in [5.41, 5.74) is 0.280. The van der Waals surface area contributed by atoms with E-state index in [1.54, 1.807) is 13.0 Å². The fourth-order valence-corrected chi connectivity index (χ4v) is 8.25. The minimum atomic E-state index is -0.950. The van der Waals surface area contributed by atoms with Crippen LogP contribution in [-0.2, 0) is 14.3 Å². The van der Waals surface area contributed by atoms with Crippen molar-refractivity contribution in [3.8, 4) is 0 Å². The van der Waals surface area contributed by atoms with Gasteiger partial charge in [-0.15, -0.1) is 0 Å². The first-order valence-electron chi connectivity index (χ1n) is 12.5. The van der Waals surface area contributed by atoms with Gasteiger partial charge < -0.3 is 9.84 Å². The largest absolute Gasteiger partial charge is 0.478 e. The Balaban J connectivity index is 1.65. The van der Waals surface area contributed by atoms with Crippen LogP contribution < -0.4 is 0 Å². The lowest BCUT2D eigenvalue weighted by molar-refractivity contribution is -0.164. The molecule has 4 nitrogen and oxygen atoms in total. The molecule has 0 spiro atoms. The molecule has 2 unspecified atom stereocenters. The van der Waals surface area contributed by atoms with E-state index in [9.17, 15) is 14.7 Å². The molecule has 6 atom stereocenters. The molecule has 0 radical (unpaired) electrons. The highest BCUT2D eigenvalue weighted by Crippen LogP contribution is 2.71. The molecule has 1 N–H and O–H groups in total. The molecule has 4 fully saturated rings. The molecule has 4 heteroatoms. The van der Waals surface area contributed by atoms with E-state index in [1.807, 2.05) is 6.92 Å². The second kappa shape index (κ2) is 6.96. The van der Waals surface area contributed by atoms with Crippen molar-refractivity contribution >= 4 is 11.9 Å². The van der Waals surface area contributed by atoms with Crippen molar-refractivity contribution in [2.75, 3.05) is 0 Å². The van der Waals surface area contributed by atoms with Gasteiger partial charge in [0.1, 0.15) is 5.60 Å². The highest BCUT2D eigenvalue weighted by atomic mass is 16.6. The number of aliphatic carboxylic acids is 1. The third-order valence-electron chi connectivity index (χ3n) is 11.6. The summed E-state index contributed by atoms with van der Waals surface area (Å²) in [6, 6.07) is 0. The van der Waals surface area contributed by atoms with E-state index < -0.39 is 11.6 Å². The summed E-state index contributed by atoms with van der Waals surface area (Å²) < 4.78 is 6.38. The Morgan fingerprint density at radius 2 is 1.53 bits per heavy atom. The number of carbonyl (C=O) groups is 2. The first kappa shape index (κ1) is 23.6. The summed E-state index contributed by atoms with van der Waals surface area (Å²) in [7, 11) is 0. The van der Waals surface area contributed by atoms with Crippen LogP contribution in [0.5, 0.6) is 0 Å². The van der Waals surface area contributed by atoms with E-state index in [2.05, 4.69) is 47.6 Å². The Kier molecular flexibility index (Phi) is 5.13. The monoisotopic (exact) mass is 442 g/mol. The highest BCUT2D eigenvalue weighted by Gasteiger charge is 2.70. The van der Waals surface area contributed by atoms with E-state index in [0.29, 0.717) is 29.2 Å². The van der Waals surface area contributed by atoms with Crippen molar-refractivity contribution in [2.24, 2.45) is 39.4 Å². The molecule has 0 amide bonds. The van der Waals surface area contributed by atoms with Crippen LogP contribution >= 0.6 is 0 Å². The number of hydrogen-bond acceptors (Lipinski definition) is 3. The Hall–Kier alpha value is -1.58. The number of carboxylic acid groups (broad SMARTS) is 1. The quantitative estimate of drug-likeness (QED) is 0.387. The van der Waals surface area contributed by atoms with Crippen LogP contribution in [-0.4, -0.2) is 22.6 Å². The van der Waals surface area contributed by atoms with Gasteiger partial charge in [0, 0.05) is 16.6 Å². The van der Waals surface area contributed by atoms with Gasteiger partial charge in [0.15, 0.2) is 0 Å². The highest BCUT2D eigenvalue weighted by molar-refractivity contribution is 5.89. The predicted molar refractivity (Wildman–Crippen MR) is 126 cm³/mol. The molecule has 4 rings (SSSR count). The van der Waals surface area contributed by atoms with E-state index in [1.165, 1.54) is 12.8 Å². The molecule has 0 aromatic carbocycles. The molecule has 0 heterocycles. The van der Waals surface area contributed by atoms with Crippen LogP contribution in [0.25, 0.3) is 0 Å². The molecular weight excluding hydrogens is 400 g/mol. The van der Waals surface area contributed by atoms with Gasteiger partial charge in [-0.2, -0.15) is 0 Å². The van der Waals surface area contributed by atoms with Crippen LogP contribution in [0.15, 0.2) is 23.3 Å². The zero-order chi connectivity index (χ0) is 23.9. The normalized spacial score (nSPS) is 44.2. The average molecular weight is 443 g/mol. The number of rotatable bonds is 5. The SMILES string of the molecule is CC(=CC1(OC(=O)C(C)=CC2C[C@H]3CC[C@@]2(C)C3(C)C)C[C@H]2CC[C@@]1(C)C2(C)C)C(=O)O. The van der Waals surface area contributed by atoms with Gasteiger partial charge in [-0.25, -0.2) is 9.59 Å². The number of esters is 1. The second-order valence-electron chi connectivity index (χ2n) is 13.0. The molecule has 4 aliphatic rings. The number of carbonyl (C=O) groups excluding carboxylic acids is 1. The number of hydrogen-bond donors (Lipinski definition) is 1. The molecule has 0 aromatic heterocycles. The van der Waals surface area contributed by atoms with E-state index in [4.69, 9.17) is 4.74 Å². The number of carboxylic acids is 1. The van der Waals surface area contributed by atoms with Crippen LogP contribution in [0.1, 0.15) is 93.9 Å². The summed E-state index contributed by atoms with van der Waals surface area (Å²) in [5.74, 6) is 0.299. The van der Waals surface area contributed by atoms with Crippen molar-refractivity contribution in [1.29, 1.82) is 0 Å². The van der Waals surface area contributed by atoms with Gasteiger partial charge >= 0.3 is 11.9 Å². The first-order chi connectivity index (χ1) is 14.6. The van der Waals surface area contributed by atoms with Crippen molar-refractivity contribution in [3.63, 3.8) is 0 Å². The molecule has 0 saturated heterocycles. The van der Waals surface area contributed by atoms with Crippen molar-refractivity contribution in [2.45, 2.75) is 99.5 Å². The zero-order valence-electron chi connectivity index (χ0n) is 21.3. The maximum atomic E-state index is 13.5. The van der Waals surface area contributed by atoms with Gasteiger partial charge in [0.25, 0.3) is 0 Å². The van der Waals surface area contributed by atoms with E-state index in [0.717, 1.165) is 25.2 Å². The van der Waals surface area contributed by atoms with E-state index in [-0.39, 0.29) is 27.8 Å². The van der Waals surface area contributed by atoms with Crippen molar-refractivity contribution < 1.29 is 19.4 Å². The van der Waals surface area contributed by atoms with Crippen LogP contribution in [0, 0.1) is 39.4 Å². The van der Waals surface area contributed by atoms with E-state index >= 15 is 0 Å². The third-order valence-corrected chi connectivity index (χ3v) is 11.6. The van der Waals surface area contributed by atoms with Gasteiger partial charge in [-0.1, -0.05) is 47.6 Å². The number of fused-ring (bicyclic) bond motifs is 4.